The second kappa shape index (κ2) is 17.9. The number of likely N-dealkylation sites (tertiary alicyclic amines) is 1. The van der Waals surface area contributed by atoms with E-state index in [0.29, 0.717) is 24.5 Å². The maximum absolute atomic E-state index is 6.22. The summed E-state index contributed by atoms with van der Waals surface area (Å²) in [7, 11) is 0. The minimum atomic E-state index is 0.00279. The molecule has 2 aromatic heterocycles. The molecule has 5 heterocycles. The van der Waals surface area contributed by atoms with Gasteiger partial charge in [0.2, 0.25) is 0 Å². The van der Waals surface area contributed by atoms with Crippen molar-refractivity contribution in [3.8, 4) is 23.7 Å². The van der Waals surface area contributed by atoms with Crippen LogP contribution in [0.5, 0.6) is 0 Å². The van der Waals surface area contributed by atoms with Crippen molar-refractivity contribution in [2.75, 3.05) is 39.4 Å². The SMILES string of the molecule is CC(/C(C=[NH+]CC1CCCCO1)=N/NC1CCOC(Cn2cc(C(C)c3cncc(C#CC4CC4)c3)nn2)C1)c1cccc(C#CCN2CC(C)(C)C2)c1. The molecule has 10 heteroatoms. The Labute approximate surface area is 321 Å². The minimum Gasteiger partial charge on any atom is -0.376 e. The van der Waals surface area contributed by atoms with Gasteiger partial charge < -0.3 is 14.9 Å². The van der Waals surface area contributed by atoms with E-state index in [2.05, 4.69) is 119 Å². The Hall–Kier alpha value is -4.35. The molecule has 1 aromatic carbocycles. The van der Waals surface area contributed by atoms with E-state index < -0.39 is 0 Å². The molecule has 4 aliphatic rings. The topological polar surface area (TPSA) is 104 Å². The highest BCUT2D eigenvalue weighted by Gasteiger charge is 2.33. The average molecular weight is 730 g/mol. The number of aromatic nitrogens is 4. The maximum atomic E-state index is 6.22. The molecule has 54 heavy (non-hydrogen) atoms. The average Bonchev–Trinajstić information content (AvgIpc) is 3.90. The van der Waals surface area contributed by atoms with Gasteiger partial charge >= 0.3 is 0 Å². The third kappa shape index (κ3) is 10.9. The molecule has 284 valence electrons. The van der Waals surface area contributed by atoms with Crippen molar-refractivity contribution >= 4 is 11.9 Å². The fourth-order valence-electron chi connectivity index (χ4n) is 7.55. The fourth-order valence-corrected chi connectivity index (χ4v) is 7.55. The molecule has 0 amide bonds. The van der Waals surface area contributed by atoms with Crippen LogP contribution in [0.2, 0.25) is 0 Å². The molecule has 3 aliphatic heterocycles. The maximum Gasteiger partial charge on any atom is 0.186 e. The molecule has 4 fully saturated rings. The van der Waals surface area contributed by atoms with Crippen molar-refractivity contribution in [1.82, 2.24) is 30.3 Å². The summed E-state index contributed by atoms with van der Waals surface area (Å²) in [6.45, 7) is 14.9. The number of hydrogen-bond donors (Lipinski definition) is 2. The van der Waals surface area contributed by atoms with Crippen LogP contribution in [0.15, 0.2) is 54.0 Å². The van der Waals surface area contributed by atoms with Crippen molar-refractivity contribution in [2.45, 2.75) is 109 Å². The zero-order chi connectivity index (χ0) is 37.3. The Morgan fingerprint density at radius 2 is 1.87 bits per heavy atom. The van der Waals surface area contributed by atoms with E-state index >= 15 is 0 Å². The highest BCUT2D eigenvalue weighted by molar-refractivity contribution is 6.30. The summed E-state index contributed by atoms with van der Waals surface area (Å²) in [5.41, 5.74) is 10.1. The van der Waals surface area contributed by atoms with E-state index in [9.17, 15) is 0 Å². The number of benzene rings is 1. The normalized spacial score (nSPS) is 24.1. The molecule has 5 atom stereocenters. The number of ether oxygens (including phenoxy) is 2. The number of pyridine rings is 1. The van der Waals surface area contributed by atoms with Crippen LogP contribution < -0.4 is 10.4 Å². The number of rotatable bonds is 12. The van der Waals surface area contributed by atoms with Gasteiger partial charge in [0.05, 0.1) is 24.9 Å². The van der Waals surface area contributed by atoms with Crippen molar-refractivity contribution in [3.05, 3.63) is 76.9 Å². The van der Waals surface area contributed by atoms with Crippen LogP contribution in [0, 0.1) is 35.0 Å². The third-order valence-corrected chi connectivity index (χ3v) is 10.9. The van der Waals surface area contributed by atoms with Gasteiger partial charge in [0.25, 0.3) is 0 Å². The predicted octanol–water partition coefficient (Wildman–Crippen LogP) is 4.30. The van der Waals surface area contributed by atoms with Crippen LogP contribution in [0.1, 0.15) is 112 Å². The summed E-state index contributed by atoms with van der Waals surface area (Å²) in [5.74, 6) is 14.1. The molecule has 7 rings (SSSR count). The third-order valence-electron chi connectivity index (χ3n) is 10.9. The second-order valence-electron chi connectivity index (χ2n) is 16.5. The molecule has 2 N–H and O–H groups in total. The summed E-state index contributed by atoms with van der Waals surface area (Å²) < 4.78 is 14.1. The lowest BCUT2D eigenvalue weighted by molar-refractivity contribution is -0.465. The Balaban J connectivity index is 0.979. The zero-order valence-corrected chi connectivity index (χ0v) is 32.6. The highest BCUT2D eigenvalue weighted by Crippen LogP contribution is 2.29. The minimum absolute atomic E-state index is 0.00279. The molecule has 3 aromatic rings. The van der Waals surface area contributed by atoms with Gasteiger partial charge in [-0.3, -0.25) is 9.88 Å². The Morgan fingerprint density at radius 3 is 2.69 bits per heavy atom. The summed E-state index contributed by atoms with van der Waals surface area (Å²) in [6.07, 6.45) is 15.7. The first-order valence-corrected chi connectivity index (χ1v) is 20.1. The molecular formula is C44H57N8O2+. The van der Waals surface area contributed by atoms with Gasteiger partial charge in [0.1, 0.15) is 11.8 Å². The van der Waals surface area contributed by atoms with Crippen LogP contribution in [0.25, 0.3) is 0 Å². The molecule has 0 radical (unpaired) electrons. The first kappa shape index (κ1) is 37.9. The first-order chi connectivity index (χ1) is 26.3. The molecule has 0 bridgehead atoms. The van der Waals surface area contributed by atoms with Crippen molar-refractivity contribution < 1.29 is 14.5 Å². The van der Waals surface area contributed by atoms with Crippen LogP contribution in [0.4, 0.5) is 0 Å². The molecule has 5 unspecified atom stereocenters. The van der Waals surface area contributed by atoms with E-state index in [1.807, 2.05) is 23.3 Å². The van der Waals surface area contributed by atoms with Crippen molar-refractivity contribution in [3.63, 3.8) is 0 Å². The molecule has 3 saturated heterocycles. The monoisotopic (exact) mass is 729 g/mol. The van der Waals surface area contributed by atoms with E-state index in [4.69, 9.17) is 14.6 Å². The number of hydrazone groups is 1. The van der Waals surface area contributed by atoms with Gasteiger partial charge in [0.15, 0.2) is 12.8 Å². The van der Waals surface area contributed by atoms with Gasteiger partial charge in [-0.25, -0.2) is 9.67 Å². The zero-order valence-electron chi connectivity index (χ0n) is 32.6. The van der Waals surface area contributed by atoms with Gasteiger partial charge in [-0.05, 0) is 79.7 Å². The lowest BCUT2D eigenvalue weighted by atomic mass is 9.84. The van der Waals surface area contributed by atoms with E-state index in [-0.39, 0.29) is 30.1 Å². The summed E-state index contributed by atoms with van der Waals surface area (Å²) in [6, 6.07) is 10.9. The van der Waals surface area contributed by atoms with E-state index in [1.165, 1.54) is 24.8 Å². The fraction of sp³-hybridized carbons (Fsp3) is 0.568. The largest absolute Gasteiger partial charge is 0.376 e. The molecular weight excluding hydrogens is 673 g/mol. The van der Waals surface area contributed by atoms with Crippen LogP contribution in [0.3, 0.4) is 0 Å². The quantitative estimate of drug-likeness (QED) is 0.163. The lowest BCUT2D eigenvalue weighted by Gasteiger charge is -2.44. The van der Waals surface area contributed by atoms with Gasteiger partial charge in [0, 0.05) is 79.8 Å². The highest BCUT2D eigenvalue weighted by atomic mass is 16.5. The van der Waals surface area contributed by atoms with Gasteiger partial charge in [-0.15, -0.1) is 5.10 Å². The van der Waals surface area contributed by atoms with Crippen LogP contribution in [-0.4, -0.2) is 94.4 Å². The Bertz CT molecular complexity index is 1890. The standard InChI is InChI=1S/C44H56N8O2/c1-32(37-11-7-9-35(21-37)10-8-18-51-30-44(3,4)31-51)42(27-46-26-40-12-5-6-19-53-40)48-47-39-17-20-54-41(23-39)28-52-29-43(49-50-52)33(2)38-22-36(24-45-25-38)16-15-34-13-14-34/h7,9,11,21-22,24-25,27,29,32-34,39-41,47H,5-6,12-14,17-20,23,26,28,30-31H2,1-4H3/p+1/b46-27?,48-42+. The van der Waals surface area contributed by atoms with E-state index in [0.717, 1.165) is 86.6 Å². The predicted molar refractivity (Wildman–Crippen MR) is 212 cm³/mol. The Kier molecular flexibility index (Phi) is 12.5. The first-order valence-electron chi connectivity index (χ1n) is 20.1. The van der Waals surface area contributed by atoms with Crippen LogP contribution >= 0.6 is 0 Å². The number of nitrogens with one attached hydrogen (secondary N) is 2. The molecule has 1 saturated carbocycles. The Morgan fingerprint density at radius 1 is 1.02 bits per heavy atom. The number of hydrogen-bond acceptors (Lipinski definition) is 8. The van der Waals surface area contributed by atoms with Gasteiger partial charge in [-0.1, -0.05) is 68.7 Å². The van der Waals surface area contributed by atoms with Crippen molar-refractivity contribution in [1.29, 1.82) is 0 Å². The summed E-state index contributed by atoms with van der Waals surface area (Å²) in [5, 5.41) is 14.1. The summed E-state index contributed by atoms with van der Waals surface area (Å²) in [4.78, 5) is 10.4. The van der Waals surface area contributed by atoms with Gasteiger partial charge in [-0.2, -0.15) is 5.10 Å². The second-order valence-corrected chi connectivity index (χ2v) is 16.5. The lowest BCUT2D eigenvalue weighted by Crippen LogP contribution is -2.73. The molecule has 0 spiro atoms. The summed E-state index contributed by atoms with van der Waals surface area (Å²) >= 11 is 0. The smallest absolute Gasteiger partial charge is 0.186 e. The number of nitrogens with zero attached hydrogens (tertiary/aromatic N) is 6. The van der Waals surface area contributed by atoms with E-state index in [1.54, 1.807) is 0 Å². The van der Waals surface area contributed by atoms with Crippen molar-refractivity contribution in [2.24, 2.45) is 16.4 Å². The molecule has 10 nitrogen and oxygen atoms in total. The molecule has 1 aliphatic carbocycles. The van der Waals surface area contributed by atoms with Crippen LogP contribution in [-0.2, 0) is 16.0 Å².